The van der Waals surface area contributed by atoms with Gasteiger partial charge in [-0.05, 0) is 24.6 Å². The Balaban J connectivity index is 1.56. The van der Waals surface area contributed by atoms with Gasteiger partial charge in [0.2, 0.25) is 5.91 Å². The predicted molar refractivity (Wildman–Crippen MR) is 102 cm³/mol. The van der Waals surface area contributed by atoms with Crippen LogP contribution in [-0.2, 0) is 11.2 Å². The third-order valence-electron chi connectivity index (χ3n) is 5.25. The van der Waals surface area contributed by atoms with E-state index in [1.807, 2.05) is 29.2 Å². The standard InChI is InChI=1S/C19H29N5O2/c1-22(2)18(25)13-15-5-3-4-6-17(15)21-19(26)24-11-9-23(10-12-24)16-7-8-20-14-16/h3-6,16,20H,7-14H2,1-2H3,(H,21,26)/t16-/m0/s1. The second kappa shape index (κ2) is 8.51. The molecule has 26 heavy (non-hydrogen) atoms. The van der Waals surface area contributed by atoms with E-state index in [1.165, 1.54) is 6.42 Å². The first kappa shape index (κ1) is 18.7. The number of piperazine rings is 1. The van der Waals surface area contributed by atoms with Gasteiger partial charge >= 0.3 is 6.03 Å². The Morgan fingerprint density at radius 3 is 2.58 bits per heavy atom. The summed E-state index contributed by atoms with van der Waals surface area (Å²) in [6, 6.07) is 8.04. The van der Waals surface area contributed by atoms with Crippen molar-refractivity contribution in [1.29, 1.82) is 0 Å². The largest absolute Gasteiger partial charge is 0.349 e. The number of nitrogens with one attached hydrogen (secondary N) is 2. The van der Waals surface area contributed by atoms with Crippen LogP contribution in [0.15, 0.2) is 24.3 Å². The van der Waals surface area contributed by atoms with Crippen molar-refractivity contribution >= 4 is 17.6 Å². The molecule has 1 atom stereocenters. The summed E-state index contributed by atoms with van der Waals surface area (Å²) in [5, 5.41) is 6.39. The molecular formula is C19H29N5O2. The highest BCUT2D eigenvalue weighted by Gasteiger charge is 2.28. The maximum Gasteiger partial charge on any atom is 0.321 e. The molecule has 1 aromatic rings. The predicted octanol–water partition coefficient (Wildman–Crippen LogP) is 0.829. The lowest BCUT2D eigenvalue weighted by atomic mass is 10.1. The van der Waals surface area contributed by atoms with E-state index in [9.17, 15) is 9.59 Å². The van der Waals surface area contributed by atoms with Crippen LogP contribution in [0.3, 0.4) is 0 Å². The SMILES string of the molecule is CN(C)C(=O)Cc1ccccc1NC(=O)N1CCN([C@H]2CCNC2)CC1. The molecule has 3 amide bonds. The van der Waals surface area contributed by atoms with E-state index in [0.717, 1.165) is 50.5 Å². The molecule has 2 fully saturated rings. The number of benzene rings is 1. The normalized spacial score (nSPS) is 20.8. The van der Waals surface area contributed by atoms with E-state index >= 15 is 0 Å². The molecule has 7 nitrogen and oxygen atoms in total. The van der Waals surface area contributed by atoms with E-state index in [0.29, 0.717) is 6.04 Å². The van der Waals surface area contributed by atoms with Crippen molar-refractivity contribution in [2.45, 2.75) is 18.9 Å². The van der Waals surface area contributed by atoms with Crippen LogP contribution in [0.5, 0.6) is 0 Å². The van der Waals surface area contributed by atoms with Crippen molar-refractivity contribution in [3.63, 3.8) is 0 Å². The summed E-state index contributed by atoms with van der Waals surface area (Å²) in [5.41, 5.74) is 1.56. The number of amides is 3. The number of rotatable bonds is 4. The number of urea groups is 1. The van der Waals surface area contributed by atoms with Crippen molar-refractivity contribution in [3.05, 3.63) is 29.8 Å². The Kier molecular flexibility index (Phi) is 6.11. The van der Waals surface area contributed by atoms with Gasteiger partial charge in [-0.25, -0.2) is 4.79 Å². The molecule has 0 aromatic heterocycles. The topological polar surface area (TPSA) is 67.9 Å². The maximum atomic E-state index is 12.7. The zero-order chi connectivity index (χ0) is 18.5. The summed E-state index contributed by atoms with van der Waals surface area (Å²) in [7, 11) is 3.48. The summed E-state index contributed by atoms with van der Waals surface area (Å²) in [4.78, 5) is 30.6. The molecule has 142 valence electrons. The number of carbonyl (C=O) groups excluding carboxylic acids is 2. The maximum absolute atomic E-state index is 12.7. The molecule has 2 heterocycles. The lowest BCUT2D eigenvalue weighted by Crippen LogP contribution is -2.53. The van der Waals surface area contributed by atoms with Crippen LogP contribution in [0.25, 0.3) is 0 Å². The summed E-state index contributed by atoms with van der Waals surface area (Å²) in [6.45, 7) is 5.45. The lowest BCUT2D eigenvalue weighted by molar-refractivity contribution is -0.127. The third-order valence-corrected chi connectivity index (χ3v) is 5.25. The molecule has 2 aliphatic heterocycles. The number of nitrogens with zero attached hydrogens (tertiary/aromatic N) is 3. The molecule has 7 heteroatoms. The highest BCUT2D eigenvalue weighted by atomic mass is 16.2. The Morgan fingerprint density at radius 2 is 1.92 bits per heavy atom. The Labute approximate surface area is 155 Å². The first-order valence-corrected chi connectivity index (χ1v) is 9.33. The highest BCUT2D eigenvalue weighted by molar-refractivity contribution is 5.91. The van der Waals surface area contributed by atoms with Gasteiger partial charge in [0.25, 0.3) is 0 Å². The van der Waals surface area contributed by atoms with E-state index in [4.69, 9.17) is 0 Å². The average molecular weight is 359 g/mol. The molecule has 0 unspecified atom stereocenters. The van der Waals surface area contributed by atoms with E-state index < -0.39 is 0 Å². The first-order valence-electron chi connectivity index (χ1n) is 9.33. The molecule has 0 radical (unpaired) electrons. The van der Waals surface area contributed by atoms with Crippen LogP contribution in [0.4, 0.5) is 10.5 Å². The van der Waals surface area contributed by atoms with Gasteiger partial charge in [-0.2, -0.15) is 0 Å². The first-order chi connectivity index (χ1) is 12.5. The third kappa shape index (κ3) is 4.53. The van der Waals surface area contributed by atoms with Gasteiger partial charge in [-0.3, -0.25) is 9.69 Å². The van der Waals surface area contributed by atoms with Gasteiger partial charge in [-0.1, -0.05) is 18.2 Å². The fraction of sp³-hybridized carbons (Fsp3) is 0.579. The van der Waals surface area contributed by atoms with Crippen LogP contribution < -0.4 is 10.6 Å². The van der Waals surface area contributed by atoms with Crippen molar-refractivity contribution in [2.75, 3.05) is 58.7 Å². The van der Waals surface area contributed by atoms with Crippen LogP contribution >= 0.6 is 0 Å². The minimum atomic E-state index is -0.0843. The average Bonchev–Trinajstić information content (AvgIpc) is 3.18. The van der Waals surface area contributed by atoms with Gasteiger partial charge in [-0.15, -0.1) is 0 Å². The van der Waals surface area contributed by atoms with Crippen molar-refractivity contribution < 1.29 is 9.59 Å². The monoisotopic (exact) mass is 359 g/mol. The Morgan fingerprint density at radius 1 is 1.19 bits per heavy atom. The fourth-order valence-electron chi connectivity index (χ4n) is 3.55. The van der Waals surface area contributed by atoms with Crippen LogP contribution in [0, 0.1) is 0 Å². The van der Waals surface area contributed by atoms with Crippen LogP contribution in [-0.4, -0.2) is 86.0 Å². The molecule has 0 aliphatic carbocycles. The second-order valence-electron chi connectivity index (χ2n) is 7.22. The Hall–Kier alpha value is -2.12. The molecular weight excluding hydrogens is 330 g/mol. The van der Waals surface area contributed by atoms with Crippen molar-refractivity contribution in [3.8, 4) is 0 Å². The highest BCUT2D eigenvalue weighted by Crippen LogP contribution is 2.18. The summed E-state index contributed by atoms with van der Waals surface area (Å²) >= 11 is 0. The second-order valence-corrected chi connectivity index (χ2v) is 7.22. The van der Waals surface area contributed by atoms with Gasteiger partial charge < -0.3 is 20.4 Å². The summed E-state index contributed by atoms with van der Waals surface area (Å²) in [6.07, 6.45) is 1.48. The fourth-order valence-corrected chi connectivity index (χ4v) is 3.55. The molecule has 2 saturated heterocycles. The van der Waals surface area contributed by atoms with Gasteiger partial charge in [0.15, 0.2) is 0 Å². The van der Waals surface area contributed by atoms with Crippen LogP contribution in [0.1, 0.15) is 12.0 Å². The zero-order valence-corrected chi connectivity index (χ0v) is 15.7. The molecule has 2 aliphatic rings. The van der Waals surface area contributed by atoms with E-state index in [1.54, 1.807) is 19.0 Å². The number of likely N-dealkylation sites (N-methyl/N-ethyl adjacent to an activating group) is 1. The van der Waals surface area contributed by atoms with E-state index in [2.05, 4.69) is 15.5 Å². The quantitative estimate of drug-likeness (QED) is 0.836. The van der Waals surface area contributed by atoms with E-state index in [-0.39, 0.29) is 18.4 Å². The molecule has 0 bridgehead atoms. The molecule has 2 N–H and O–H groups in total. The summed E-state index contributed by atoms with van der Waals surface area (Å²) in [5.74, 6) is 0.0190. The number of para-hydroxylation sites is 1. The lowest BCUT2D eigenvalue weighted by Gasteiger charge is -2.37. The zero-order valence-electron chi connectivity index (χ0n) is 15.7. The van der Waals surface area contributed by atoms with Crippen molar-refractivity contribution in [2.24, 2.45) is 0 Å². The van der Waals surface area contributed by atoms with Gasteiger partial charge in [0, 0.05) is 58.5 Å². The molecule has 3 rings (SSSR count). The Bertz CT molecular complexity index is 635. The minimum absolute atomic E-state index is 0.0190. The van der Waals surface area contributed by atoms with Gasteiger partial charge in [0.1, 0.15) is 0 Å². The smallest absolute Gasteiger partial charge is 0.321 e. The number of anilines is 1. The number of hydrogen-bond acceptors (Lipinski definition) is 4. The van der Waals surface area contributed by atoms with Crippen LogP contribution in [0.2, 0.25) is 0 Å². The number of hydrogen-bond donors (Lipinski definition) is 2. The molecule has 0 saturated carbocycles. The van der Waals surface area contributed by atoms with Gasteiger partial charge in [0.05, 0.1) is 6.42 Å². The minimum Gasteiger partial charge on any atom is -0.349 e. The number of carbonyl (C=O) groups is 2. The summed E-state index contributed by atoms with van der Waals surface area (Å²) < 4.78 is 0. The molecule has 1 aromatic carbocycles. The molecule has 0 spiro atoms. The van der Waals surface area contributed by atoms with Crippen molar-refractivity contribution in [1.82, 2.24) is 20.0 Å².